The Morgan fingerprint density at radius 2 is 1.62 bits per heavy atom. The number of fused-ring (bicyclic) bond motifs is 3. The van der Waals surface area contributed by atoms with E-state index in [-0.39, 0.29) is 21.1 Å². The monoisotopic (exact) mass is 797 g/mol. The van der Waals surface area contributed by atoms with Gasteiger partial charge in [0, 0.05) is 34.5 Å². The van der Waals surface area contributed by atoms with Crippen LogP contribution in [0.4, 0.5) is 0 Å². The molecule has 0 bridgehead atoms. The van der Waals surface area contributed by atoms with E-state index in [1.807, 2.05) is 48.1 Å². The first-order chi connectivity index (χ1) is 22.4. The SMILES string of the molecule is CCc1ccnc(-n2c3[c-]c(Oc4[c-]c(-n5nc(C)c(-c6ccccc6)c5C)ccc4)ccc3c3cc(CCC(C)C)ccc32)c1.[Pt+2]. The predicted molar refractivity (Wildman–Crippen MR) is 187 cm³/mol. The van der Waals surface area contributed by atoms with E-state index in [1.54, 1.807) is 0 Å². The molecule has 0 amide bonds. The summed E-state index contributed by atoms with van der Waals surface area (Å²) in [6, 6.07) is 38.6. The Bertz CT molecular complexity index is 2180. The van der Waals surface area contributed by atoms with Crippen molar-refractivity contribution in [2.75, 3.05) is 0 Å². The molecule has 3 aromatic heterocycles. The summed E-state index contributed by atoms with van der Waals surface area (Å²) in [4.78, 5) is 4.80. The van der Waals surface area contributed by atoms with Crippen molar-refractivity contribution in [1.82, 2.24) is 19.3 Å². The molecule has 0 aliphatic heterocycles. The Balaban J connectivity index is 0.00000386. The minimum absolute atomic E-state index is 0. The van der Waals surface area contributed by atoms with E-state index < -0.39 is 0 Å². The first kappa shape index (κ1) is 32.5. The number of hydrogen-bond donors (Lipinski definition) is 0. The van der Waals surface area contributed by atoms with Crippen LogP contribution in [0.25, 0.3) is 44.4 Å². The Kier molecular flexibility index (Phi) is 9.47. The van der Waals surface area contributed by atoms with Crippen LogP contribution in [0.5, 0.6) is 11.5 Å². The number of aromatic nitrogens is 4. The maximum absolute atomic E-state index is 6.44. The third-order valence-electron chi connectivity index (χ3n) is 8.73. The van der Waals surface area contributed by atoms with Crippen molar-refractivity contribution >= 4 is 21.8 Å². The summed E-state index contributed by atoms with van der Waals surface area (Å²) in [5, 5.41) is 7.21. The van der Waals surface area contributed by atoms with Crippen molar-refractivity contribution in [2.24, 2.45) is 5.92 Å². The van der Waals surface area contributed by atoms with Crippen LogP contribution in [0.3, 0.4) is 0 Å². The molecule has 7 rings (SSSR count). The van der Waals surface area contributed by atoms with Crippen molar-refractivity contribution < 1.29 is 25.8 Å². The normalized spacial score (nSPS) is 11.4. The number of aryl methyl sites for hydroxylation is 3. The molecule has 5 nitrogen and oxygen atoms in total. The summed E-state index contributed by atoms with van der Waals surface area (Å²) < 4.78 is 10.6. The summed E-state index contributed by atoms with van der Waals surface area (Å²) in [6.07, 6.45) is 5.06. The van der Waals surface area contributed by atoms with Gasteiger partial charge in [0.2, 0.25) is 0 Å². The second-order valence-electron chi connectivity index (χ2n) is 12.4. The van der Waals surface area contributed by atoms with Gasteiger partial charge in [0.1, 0.15) is 5.82 Å². The van der Waals surface area contributed by atoms with Crippen LogP contribution in [0.2, 0.25) is 0 Å². The van der Waals surface area contributed by atoms with E-state index in [2.05, 4.69) is 105 Å². The molecule has 0 N–H and O–H groups in total. The van der Waals surface area contributed by atoms with Crippen LogP contribution in [0.1, 0.15) is 49.7 Å². The van der Waals surface area contributed by atoms with Gasteiger partial charge in [-0.1, -0.05) is 68.8 Å². The number of benzene rings is 4. The van der Waals surface area contributed by atoms with Crippen molar-refractivity contribution in [2.45, 2.75) is 53.9 Å². The van der Waals surface area contributed by atoms with Crippen LogP contribution in [-0.2, 0) is 33.9 Å². The average Bonchev–Trinajstić information content (AvgIpc) is 3.56. The van der Waals surface area contributed by atoms with E-state index in [1.165, 1.54) is 16.5 Å². The smallest absolute Gasteiger partial charge is 0.509 e. The summed E-state index contributed by atoms with van der Waals surface area (Å²) in [7, 11) is 0. The zero-order valence-corrected chi connectivity index (χ0v) is 29.7. The molecular formula is C41H38N4OPt. The minimum Gasteiger partial charge on any atom is -0.509 e. The van der Waals surface area contributed by atoms with E-state index >= 15 is 0 Å². The molecule has 0 saturated heterocycles. The van der Waals surface area contributed by atoms with Gasteiger partial charge in [-0.3, -0.25) is 4.68 Å². The van der Waals surface area contributed by atoms with Gasteiger partial charge in [0.05, 0.1) is 5.69 Å². The van der Waals surface area contributed by atoms with Gasteiger partial charge < -0.3 is 9.30 Å². The zero-order valence-electron chi connectivity index (χ0n) is 27.4. The average molecular weight is 798 g/mol. The molecule has 0 saturated carbocycles. The summed E-state index contributed by atoms with van der Waals surface area (Å²) >= 11 is 0. The van der Waals surface area contributed by atoms with E-state index in [0.29, 0.717) is 17.4 Å². The van der Waals surface area contributed by atoms with Gasteiger partial charge in [0.15, 0.2) is 0 Å². The summed E-state index contributed by atoms with van der Waals surface area (Å²) in [6.45, 7) is 10.9. The van der Waals surface area contributed by atoms with Crippen LogP contribution < -0.4 is 4.74 Å². The maximum atomic E-state index is 6.44. The van der Waals surface area contributed by atoms with Crippen LogP contribution in [-0.4, -0.2) is 19.3 Å². The first-order valence-corrected chi connectivity index (χ1v) is 16.2. The number of rotatable bonds is 9. The standard InChI is InChI=1S/C41H38N4O.Pt/c1-6-30-21-22-42-40(24-30)44-38-20-17-31(16-15-27(2)3)23-37(38)36-19-18-35(26-39(36)44)46-34-14-10-13-33(25-34)45-29(5)41(28(4)43-45)32-11-8-7-9-12-32;/h7-14,17-24,27H,6,15-16H2,1-5H3;/q-2;+2. The van der Waals surface area contributed by atoms with Crippen LogP contribution >= 0.6 is 0 Å². The van der Waals surface area contributed by atoms with Gasteiger partial charge in [-0.05, 0) is 85.0 Å². The molecule has 0 fully saturated rings. The van der Waals surface area contributed by atoms with Crippen LogP contribution in [0, 0.1) is 31.9 Å². The van der Waals surface area contributed by atoms with E-state index in [9.17, 15) is 0 Å². The molecule has 238 valence electrons. The number of ether oxygens (including phenoxy) is 1. The molecular weight excluding hydrogens is 760 g/mol. The largest absolute Gasteiger partial charge is 2.00 e. The Morgan fingerprint density at radius 3 is 2.40 bits per heavy atom. The van der Waals surface area contributed by atoms with E-state index in [4.69, 9.17) is 14.8 Å². The Hall–Kier alpha value is -4.47. The fourth-order valence-electron chi connectivity index (χ4n) is 6.32. The van der Waals surface area contributed by atoms with Gasteiger partial charge in [-0.15, -0.1) is 35.7 Å². The van der Waals surface area contributed by atoms with Crippen molar-refractivity contribution in [3.63, 3.8) is 0 Å². The molecule has 0 aliphatic rings. The molecule has 4 aromatic carbocycles. The van der Waals surface area contributed by atoms with Crippen molar-refractivity contribution in [3.05, 3.63) is 132 Å². The van der Waals surface area contributed by atoms with Gasteiger partial charge >= 0.3 is 21.1 Å². The van der Waals surface area contributed by atoms with Crippen molar-refractivity contribution in [1.29, 1.82) is 0 Å². The minimum atomic E-state index is 0. The summed E-state index contributed by atoms with van der Waals surface area (Å²) in [5.74, 6) is 2.77. The topological polar surface area (TPSA) is 44.9 Å². The molecule has 47 heavy (non-hydrogen) atoms. The van der Waals surface area contributed by atoms with E-state index in [0.717, 1.165) is 69.7 Å². The van der Waals surface area contributed by atoms with Crippen molar-refractivity contribution in [3.8, 4) is 34.1 Å². The molecule has 3 heterocycles. The summed E-state index contributed by atoms with van der Waals surface area (Å²) in [5.41, 5.74) is 9.80. The molecule has 0 unspecified atom stereocenters. The fourth-order valence-corrected chi connectivity index (χ4v) is 6.32. The van der Waals surface area contributed by atoms with Gasteiger partial charge in [-0.2, -0.15) is 17.2 Å². The fraction of sp³-hybridized carbons (Fsp3) is 0.220. The first-order valence-electron chi connectivity index (χ1n) is 16.2. The van der Waals surface area contributed by atoms with Crippen LogP contribution in [0.15, 0.2) is 97.2 Å². The molecule has 0 atom stereocenters. The van der Waals surface area contributed by atoms with Gasteiger partial charge in [0.25, 0.3) is 0 Å². The molecule has 6 heteroatoms. The number of hydrogen-bond acceptors (Lipinski definition) is 3. The zero-order chi connectivity index (χ0) is 31.8. The second kappa shape index (κ2) is 13.7. The Labute approximate surface area is 291 Å². The quantitative estimate of drug-likeness (QED) is 0.137. The third kappa shape index (κ3) is 6.42. The predicted octanol–water partition coefficient (Wildman–Crippen LogP) is 10.2. The third-order valence-corrected chi connectivity index (χ3v) is 8.73. The maximum Gasteiger partial charge on any atom is 2.00 e. The molecule has 0 spiro atoms. The second-order valence-corrected chi connectivity index (χ2v) is 12.4. The molecule has 0 radical (unpaired) electrons. The number of pyridine rings is 1. The molecule has 0 aliphatic carbocycles. The Morgan fingerprint density at radius 1 is 0.809 bits per heavy atom. The molecule has 7 aromatic rings. The van der Waals surface area contributed by atoms with Gasteiger partial charge in [-0.25, -0.2) is 4.98 Å². The number of nitrogens with zero attached hydrogens (tertiary/aromatic N) is 4.